The van der Waals surface area contributed by atoms with Gasteiger partial charge in [-0.05, 0) is 56.5 Å². The standard InChI is InChI=1S/C24H31N3O11S3/c1-4-26(18-12-15(2)40(32,33)24-17(18)14-23(39-24)41(25,34)35)21(28)10-8-16-7-9-19(20(13-16)36-3)38-22(29)6-5-11-37-27(30)31/h7-10,13-15,18,30-31H,4-6,11-12H2,1-3H3,(H2,25,34,35)/b10-8+/t15?,18-/m0/s1. The molecular weight excluding hydrogens is 602 g/mol. The quantitative estimate of drug-likeness (QED) is 0.101. The Balaban J connectivity index is 1.78. The van der Waals surface area contributed by atoms with Crippen molar-refractivity contribution >= 4 is 49.1 Å². The molecule has 1 aliphatic heterocycles. The molecule has 17 heteroatoms. The molecule has 0 bridgehead atoms. The molecule has 2 aromatic rings. The molecule has 0 saturated carbocycles. The first-order valence-corrected chi connectivity index (χ1v) is 16.2. The van der Waals surface area contributed by atoms with Crippen molar-refractivity contribution in [2.45, 2.75) is 52.8 Å². The fourth-order valence-corrected chi connectivity index (χ4v) is 8.60. The maximum atomic E-state index is 13.3. The monoisotopic (exact) mass is 633 g/mol. The second kappa shape index (κ2) is 13.4. The minimum atomic E-state index is -4.15. The normalized spacial score (nSPS) is 18.3. The van der Waals surface area contributed by atoms with E-state index in [1.54, 1.807) is 19.1 Å². The highest BCUT2D eigenvalue weighted by molar-refractivity contribution is 7.95. The van der Waals surface area contributed by atoms with Gasteiger partial charge in [0.1, 0.15) is 8.42 Å². The minimum absolute atomic E-state index is 0.0639. The van der Waals surface area contributed by atoms with E-state index in [-0.39, 0.29) is 57.9 Å². The Bertz CT molecular complexity index is 1520. The summed E-state index contributed by atoms with van der Waals surface area (Å²) in [5.74, 6) is -0.679. The molecule has 41 heavy (non-hydrogen) atoms. The molecular formula is C24H31N3O11S3. The molecule has 1 aliphatic rings. The van der Waals surface area contributed by atoms with Crippen molar-refractivity contribution < 1.29 is 51.2 Å². The maximum Gasteiger partial charge on any atom is 0.311 e. The number of amides is 1. The first-order valence-electron chi connectivity index (χ1n) is 12.3. The molecule has 1 amide bonds. The predicted octanol–water partition coefficient (Wildman–Crippen LogP) is 2.27. The molecule has 4 N–H and O–H groups in total. The van der Waals surface area contributed by atoms with Crippen molar-refractivity contribution in [2.24, 2.45) is 5.14 Å². The number of primary sulfonamides is 1. The minimum Gasteiger partial charge on any atom is -0.493 e. The third-order valence-electron chi connectivity index (χ3n) is 6.25. The van der Waals surface area contributed by atoms with Crippen LogP contribution in [0.2, 0.25) is 0 Å². The number of hydrogen-bond acceptors (Lipinski definition) is 13. The lowest BCUT2D eigenvalue weighted by atomic mass is 10.0. The first kappa shape index (κ1) is 32.6. The summed E-state index contributed by atoms with van der Waals surface area (Å²) < 4.78 is 59.9. The van der Waals surface area contributed by atoms with Crippen molar-refractivity contribution in [3.8, 4) is 11.5 Å². The van der Waals surface area contributed by atoms with Gasteiger partial charge in [0.2, 0.25) is 15.9 Å². The molecule has 0 fully saturated rings. The number of carbonyl (C=O) groups is 2. The molecule has 0 aliphatic carbocycles. The number of sulfonamides is 1. The third kappa shape index (κ3) is 7.89. The summed E-state index contributed by atoms with van der Waals surface area (Å²) in [6.45, 7) is 3.34. The molecule has 1 aromatic heterocycles. The predicted molar refractivity (Wildman–Crippen MR) is 145 cm³/mol. The van der Waals surface area contributed by atoms with E-state index in [9.17, 15) is 26.4 Å². The van der Waals surface area contributed by atoms with Crippen LogP contribution in [0.25, 0.3) is 6.08 Å². The largest absolute Gasteiger partial charge is 0.493 e. The maximum absolute atomic E-state index is 13.3. The summed E-state index contributed by atoms with van der Waals surface area (Å²) in [5, 5.41) is 20.9. The van der Waals surface area contributed by atoms with Crippen molar-refractivity contribution in [3.05, 3.63) is 41.5 Å². The zero-order valence-corrected chi connectivity index (χ0v) is 24.9. The molecule has 3 rings (SSSR count). The number of likely N-dealkylation sites (N-methyl/N-ethyl adjacent to an activating group) is 1. The molecule has 2 heterocycles. The fourth-order valence-electron chi connectivity index (χ4n) is 4.21. The number of methoxy groups -OCH3 is 1. The second-order valence-electron chi connectivity index (χ2n) is 8.99. The van der Waals surface area contributed by atoms with Gasteiger partial charge in [0.25, 0.3) is 0 Å². The van der Waals surface area contributed by atoms with Gasteiger partial charge in [0.15, 0.2) is 21.3 Å². The summed E-state index contributed by atoms with van der Waals surface area (Å²) in [6, 6.07) is 5.17. The van der Waals surface area contributed by atoms with E-state index in [0.717, 1.165) is 0 Å². The fraction of sp³-hybridized carbons (Fsp3) is 0.417. The molecule has 226 valence electrons. The molecule has 0 radical (unpaired) electrons. The highest BCUT2D eigenvalue weighted by Gasteiger charge is 2.42. The number of fused-ring (bicyclic) bond motifs is 1. The van der Waals surface area contributed by atoms with Gasteiger partial charge in [-0.25, -0.2) is 22.0 Å². The number of sulfone groups is 1. The number of nitrogens with two attached hydrogens (primary N) is 1. The van der Waals surface area contributed by atoms with Crippen LogP contribution in [0.1, 0.15) is 50.3 Å². The topological polar surface area (TPSA) is 203 Å². The molecule has 1 unspecified atom stereocenters. The summed E-state index contributed by atoms with van der Waals surface area (Å²) in [5.41, 5.74) is 0.767. The van der Waals surface area contributed by atoms with Crippen LogP contribution in [-0.2, 0) is 34.3 Å². The van der Waals surface area contributed by atoms with Crippen LogP contribution in [0.15, 0.2) is 38.8 Å². The lowest BCUT2D eigenvalue weighted by Gasteiger charge is -2.35. The van der Waals surface area contributed by atoms with Gasteiger partial charge in [0, 0.05) is 24.6 Å². The van der Waals surface area contributed by atoms with Gasteiger partial charge in [-0.3, -0.25) is 24.8 Å². The molecule has 0 spiro atoms. The number of thiophene rings is 1. The van der Waals surface area contributed by atoms with Gasteiger partial charge in [-0.1, -0.05) is 6.07 Å². The lowest BCUT2D eigenvalue weighted by molar-refractivity contribution is -0.492. The van der Waals surface area contributed by atoms with Gasteiger partial charge in [0.05, 0.1) is 30.4 Å². The van der Waals surface area contributed by atoms with Crippen molar-refractivity contribution in [1.82, 2.24) is 10.3 Å². The third-order valence-corrected chi connectivity index (χ3v) is 11.6. The Labute approximate surface area is 241 Å². The van der Waals surface area contributed by atoms with E-state index in [1.807, 2.05) is 0 Å². The number of esters is 1. The SMILES string of the molecule is CCN(C(=O)/C=C/c1ccc(OC(=O)CCCON(O)O)c(OC)c1)[C@H]1CC(C)S(=O)(=O)c2sc(S(N)(=O)=O)cc21. The van der Waals surface area contributed by atoms with E-state index in [4.69, 9.17) is 25.0 Å². The number of benzene rings is 1. The van der Waals surface area contributed by atoms with E-state index in [1.165, 1.54) is 43.2 Å². The zero-order chi connectivity index (χ0) is 30.5. The van der Waals surface area contributed by atoms with E-state index in [0.29, 0.717) is 16.9 Å². The Hall–Kier alpha value is -2.90. The van der Waals surface area contributed by atoms with Gasteiger partial charge in [-0.15, -0.1) is 11.3 Å². The van der Waals surface area contributed by atoms with Crippen LogP contribution in [0.3, 0.4) is 0 Å². The Kier molecular flexibility index (Phi) is 10.6. The number of ether oxygens (including phenoxy) is 2. The van der Waals surface area contributed by atoms with Gasteiger partial charge < -0.3 is 14.4 Å². The Morgan fingerprint density at radius 1 is 1.22 bits per heavy atom. The van der Waals surface area contributed by atoms with Gasteiger partial charge >= 0.3 is 5.97 Å². The van der Waals surface area contributed by atoms with Crippen LogP contribution < -0.4 is 14.6 Å². The van der Waals surface area contributed by atoms with Crippen LogP contribution in [0.5, 0.6) is 11.5 Å². The number of nitrogens with zero attached hydrogens (tertiary/aromatic N) is 2. The first-order chi connectivity index (χ1) is 19.2. The molecule has 2 atom stereocenters. The second-order valence-corrected chi connectivity index (χ2v) is 14.4. The Morgan fingerprint density at radius 2 is 1.93 bits per heavy atom. The number of carbonyl (C=O) groups excluding carboxylic acids is 2. The van der Waals surface area contributed by atoms with Crippen molar-refractivity contribution in [2.75, 3.05) is 20.3 Å². The van der Waals surface area contributed by atoms with E-state index in [2.05, 4.69) is 4.84 Å². The number of hydrogen-bond donors (Lipinski definition) is 3. The zero-order valence-electron chi connectivity index (χ0n) is 22.4. The summed E-state index contributed by atoms with van der Waals surface area (Å²) >= 11 is 0.588. The van der Waals surface area contributed by atoms with E-state index >= 15 is 0 Å². The average molecular weight is 634 g/mol. The van der Waals surface area contributed by atoms with Crippen molar-refractivity contribution in [3.63, 3.8) is 0 Å². The van der Waals surface area contributed by atoms with Crippen LogP contribution in [0.4, 0.5) is 0 Å². The highest BCUT2D eigenvalue weighted by atomic mass is 32.3. The smallest absolute Gasteiger partial charge is 0.311 e. The molecule has 0 saturated heterocycles. The van der Waals surface area contributed by atoms with E-state index < -0.39 is 48.4 Å². The van der Waals surface area contributed by atoms with Crippen LogP contribution in [0, 0.1) is 0 Å². The van der Waals surface area contributed by atoms with Crippen molar-refractivity contribution in [1.29, 1.82) is 0 Å². The Morgan fingerprint density at radius 3 is 2.54 bits per heavy atom. The number of rotatable bonds is 12. The summed E-state index contributed by atoms with van der Waals surface area (Å²) in [7, 11) is -6.55. The summed E-state index contributed by atoms with van der Waals surface area (Å²) in [6.07, 6.45) is 3.00. The molecule has 1 aromatic carbocycles. The average Bonchev–Trinajstić information content (AvgIpc) is 3.37. The molecule has 14 nitrogen and oxygen atoms in total. The van der Waals surface area contributed by atoms with Crippen LogP contribution in [-0.4, -0.2) is 74.9 Å². The lowest BCUT2D eigenvalue weighted by Crippen LogP contribution is -2.39. The highest BCUT2D eigenvalue weighted by Crippen LogP contribution is 2.45. The summed E-state index contributed by atoms with van der Waals surface area (Å²) in [4.78, 5) is 31.2. The van der Waals surface area contributed by atoms with Gasteiger partial charge in [-0.2, -0.15) is 0 Å². The van der Waals surface area contributed by atoms with Crippen LogP contribution >= 0.6 is 11.3 Å².